The molecule has 1 aliphatic heterocycles. The van der Waals surface area contributed by atoms with Gasteiger partial charge in [-0.25, -0.2) is 9.79 Å². The van der Waals surface area contributed by atoms with Gasteiger partial charge in [0.2, 0.25) is 5.75 Å². The molecule has 0 bridgehead atoms. The average Bonchev–Trinajstić information content (AvgIpc) is 3.42. The molecular formula is C35H26N4O9S. The van der Waals surface area contributed by atoms with Crippen LogP contribution in [0.3, 0.4) is 0 Å². The molecular weight excluding hydrogens is 652 g/mol. The first-order chi connectivity index (χ1) is 23.7. The van der Waals surface area contributed by atoms with Crippen LogP contribution in [0.2, 0.25) is 0 Å². The summed E-state index contributed by atoms with van der Waals surface area (Å²) in [5.74, 6) is -0.0900. The molecule has 0 radical (unpaired) electrons. The molecule has 0 unspecified atom stereocenters. The topological polar surface area (TPSA) is 165 Å². The van der Waals surface area contributed by atoms with Crippen molar-refractivity contribution in [2.24, 2.45) is 4.99 Å². The van der Waals surface area contributed by atoms with Gasteiger partial charge in [0.25, 0.3) is 11.2 Å². The zero-order valence-electron chi connectivity index (χ0n) is 26.0. The van der Waals surface area contributed by atoms with Gasteiger partial charge in [0, 0.05) is 17.2 Å². The van der Waals surface area contributed by atoms with E-state index in [1.54, 1.807) is 61.5 Å². The van der Waals surface area contributed by atoms with Crippen molar-refractivity contribution in [2.75, 3.05) is 13.7 Å². The number of rotatable bonds is 10. The Hall–Kier alpha value is -6.41. The van der Waals surface area contributed by atoms with Crippen molar-refractivity contribution >= 4 is 40.5 Å². The largest absolute Gasteiger partial charge is 0.497 e. The van der Waals surface area contributed by atoms with E-state index in [0.29, 0.717) is 32.9 Å². The van der Waals surface area contributed by atoms with Crippen molar-refractivity contribution in [1.82, 2.24) is 4.57 Å². The van der Waals surface area contributed by atoms with Gasteiger partial charge in [-0.15, -0.1) is 0 Å². The number of non-ortho nitro benzene ring substituents is 1. The van der Waals surface area contributed by atoms with Crippen molar-refractivity contribution in [2.45, 2.75) is 13.0 Å². The number of nitro groups is 2. The van der Waals surface area contributed by atoms with Gasteiger partial charge in [-0.2, -0.15) is 0 Å². The summed E-state index contributed by atoms with van der Waals surface area (Å²) in [5.41, 5.74) is 0.719. The van der Waals surface area contributed by atoms with Crippen LogP contribution in [0.5, 0.6) is 17.2 Å². The lowest BCUT2D eigenvalue weighted by Gasteiger charge is -2.26. The maximum Gasteiger partial charge on any atom is 0.338 e. The number of carbonyl (C=O) groups excluding carboxylic acids is 1. The van der Waals surface area contributed by atoms with Crippen LogP contribution in [0.25, 0.3) is 11.8 Å². The van der Waals surface area contributed by atoms with Gasteiger partial charge in [-0.3, -0.25) is 29.6 Å². The first kappa shape index (κ1) is 32.5. The average molecular weight is 679 g/mol. The van der Waals surface area contributed by atoms with Crippen molar-refractivity contribution < 1.29 is 28.9 Å². The molecule has 6 rings (SSSR count). The lowest BCUT2D eigenvalue weighted by Crippen LogP contribution is -2.40. The van der Waals surface area contributed by atoms with Crippen molar-refractivity contribution in [1.29, 1.82) is 0 Å². The Kier molecular flexibility index (Phi) is 9.13. The zero-order valence-corrected chi connectivity index (χ0v) is 26.8. The van der Waals surface area contributed by atoms with Gasteiger partial charge in [-0.05, 0) is 42.8 Å². The lowest BCUT2D eigenvalue weighted by atomic mass is 9.93. The molecule has 0 N–H and O–H groups in total. The number of aromatic nitrogens is 1. The van der Waals surface area contributed by atoms with E-state index in [1.807, 2.05) is 30.3 Å². The maximum atomic E-state index is 14.3. The summed E-state index contributed by atoms with van der Waals surface area (Å²) in [6, 6.07) is 24.9. The molecule has 14 heteroatoms. The minimum absolute atomic E-state index is 0.105. The highest BCUT2D eigenvalue weighted by molar-refractivity contribution is 7.07. The molecule has 0 aliphatic carbocycles. The molecule has 5 aromatic rings. The third-order valence-corrected chi connectivity index (χ3v) is 8.56. The molecule has 4 aromatic carbocycles. The fourth-order valence-corrected chi connectivity index (χ4v) is 6.33. The van der Waals surface area contributed by atoms with Crippen LogP contribution in [-0.2, 0) is 9.53 Å². The molecule has 1 aliphatic rings. The number of para-hydroxylation sites is 1. The number of benzene rings is 4. The van der Waals surface area contributed by atoms with E-state index >= 15 is 0 Å². The molecule has 0 fully saturated rings. The number of ether oxygens (including phenoxy) is 3. The summed E-state index contributed by atoms with van der Waals surface area (Å²) in [5, 5.41) is 23.0. The molecule has 246 valence electrons. The number of nitro benzene ring substituents is 2. The number of nitrogens with zero attached hydrogens (tertiary/aromatic N) is 4. The number of thiazole rings is 1. The SMILES string of the molecule is CCOC(=O)C1=C(c2ccccc2)N=c2s/c(=C/c3ccccc3Oc3ccc([N+](=O)[O-])cc3[N+](=O)[O-])c(=O)n2[C@H]1c1ccc(OC)cc1. The Morgan fingerprint density at radius 1 is 0.939 bits per heavy atom. The molecule has 2 heterocycles. The standard InChI is InChI=1S/C35H26N4O9S/c1-3-47-34(41)30-31(21-9-5-4-6-10-21)36-35-37(32(30)22-13-16-25(46-2)17-14-22)33(40)29(49-35)19-23-11-7-8-12-27(23)48-28-18-15-24(38(42)43)20-26(28)39(44)45/h4-20,32H,3H2,1-2H3/b29-19+/t32-/m0/s1. The van der Waals surface area contributed by atoms with Gasteiger partial charge in [-0.1, -0.05) is 72.0 Å². The number of hydrogen-bond acceptors (Lipinski definition) is 11. The van der Waals surface area contributed by atoms with Crippen molar-refractivity contribution in [3.63, 3.8) is 0 Å². The van der Waals surface area contributed by atoms with Crippen LogP contribution in [0, 0.1) is 20.2 Å². The van der Waals surface area contributed by atoms with Crippen molar-refractivity contribution in [3.05, 3.63) is 159 Å². The van der Waals surface area contributed by atoms with Gasteiger partial charge in [0.05, 0.1) is 51.5 Å². The fourth-order valence-electron chi connectivity index (χ4n) is 5.34. The van der Waals surface area contributed by atoms with E-state index in [9.17, 15) is 29.8 Å². The molecule has 49 heavy (non-hydrogen) atoms. The number of carbonyl (C=O) groups is 1. The lowest BCUT2D eigenvalue weighted by molar-refractivity contribution is -0.394. The quantitative estimate of drug-likeness (QED) is 0.105. The summed E-state index contributed by atoms with van der Waals surface area (Å²) >= 11 is 1.10. The smallest absolute Gasteiger partial charge is 0.338 e. The summed E-state index contributed by atoms with van der Waals surface area (Å²) in [6.45, 7) is 1.80. The van der Waals surface area contributed by atoms with Crippen LogP contribution in [-0.4, -0.2) is 34.1 Å². The monoisotopic (exact) mass is 678 g/mol. The zero-order chi connectivity index (χ0) is 34.7. The number of esters is 1. The van der Waals surface area contributed by atoms with Gasteiger partial charge in [0.15, 0.2) is 4.80 Å². The van der Waals surface area contributed by atoms with Gasteiger partial charge < -0.3 is 14.2 Å². The Labute approximate surface area is 281 Å². The van der Waals surface area contributed by atoms with Crippen molar-refractivity contribution in [3.8, 4) is 17.2 Å². The summed E-state index contributed by atoms with van der Waals surface area (Å²) in [4.78, 5) is 54.6. The summed E-state index contributed by atoms with van der Waals surface area (Å²) < 4.78 is 18.4. The van der Waals surface area contributed by atoms with Crippen LogP contribution in [0.15, 0.2) is 112 Å². The normalized spacial score (nSPS) is 14.1. The Bertz CT molecular complexity index is 2310. The second-order valence-corrected chi connectivity index (χ2v) is 11.5. The van der Waals surface area contributed by atoms with E-state index < -0.39 is 38.8 Å². The summed E-state index contributed by atoms with van der Waals surface area (Å²) in [7, 11) is 1.54. The van der Waals surface area contributed by atoms with Crippen LogP contribution >= 0.6 is 11.3 Å². The number of methoxy groups -OCH3 is 1. The molecule has 1 aromatic heterocycles. The van der Waals surface area contributed by atoms with E-state index in [4.69, 9.17) is 19.2 Å². The van der Waals surface area contributed by atoms with E-state index in [1.165, 1.54) is 11.7 Å². The fraction of sp³-hybridized carbons (Fsp3) is 0.114. The molecule has 0 saturated heterocycles. The number of hydrogen-bond donors (Lipinski definition) is 0. The van der Waals surface area contributed by atoms with Gasteiger partial charge >= 0.3 is 11.7 Å². The highest BCUT2D eigenvalue weighted by atomic mass is 32.1. The third-order valence-electron chi connectivity index (χ3n) is 7.58. The van der Waals surface area contributed by atoms with Gasteiger partial charge in [0.1, 0.15) is 11.5 Å². The third kappa shape index (κ3) is 6.44. The first-order valence-electron chi connectivity index (χ1n) is 14.8. The molecule has 0 saturated carbocycles. The molecule has 1 atom stereocenters. The predicted octanol–water partition coefficient (Wildman–Crippen LogP) is 5.55. The Morgan fingerprint density at radius 2 is 1.65 bits per heavy atom. The highest BCUT2D eigenvalue weighted by Gasteiger charge is 2.35. The second kappa shape index (κ2) is 13.8. The Balaban J connectivity index is 1.54. The molecule has 13 nitrogen and oxygen atoms in total. The van der Waals surface area contributed by atoms with E-state index in [0.717, 1.165) is 29.5 Å². The second-order valence-electron chi connectivity index (χ2n) is 10.5. The summed E-state index contributed by atoms with van der Waals surface area (Å²) in [6.07, 6.45) is 1.57. The minimum atomic E-state index is -0.909. The number of fused-ring (bicyclic) bond motifs is 1. The van der Waals surface area contributed by atoms with E-state index in [2.05, 4.69) is 0 Å². The Morgan fingerprint density at radius 3 is 2.33 bits per heavy atom. The van der Waals surface area contributed by atoms with Crippen LogP contribution in [0.4, 0.5) is 11.4 Å². The maximum absolute atomic E-state index is 14.3. The van der Waals surface area contributed by atoms with Crippen LogP contribution in [0.1, 0.15) is 29.7 Å². The predicted molar refractivity (Wildman–Crippen MR) is 180 cm³/mol. The molecule has 0 amide bonds. The minimum Gasteiger partial charge on any atom is -0.497 e. The first-order valence-corrected chi connectivity index (χ1v) is 15.6. The molecule has 0 spiro atoms. The highest BCUT2D eigenvalue weighted by Crippen LogP contribution is 2.37. The van der Waals surface area contributed by atoms with E-state index in [-0.39, 0.29) is 28.2 Å². The van der Waals surface area contributed by atoms with Crippen LogP contribution < -0.4 is 24.4 Å².